The van der Waals surface area contributed by atoms with Gasteiger partial charge in [-0.3, -0.25) is 0 Å². The zero-order valence-electron chi connectivity index (χ0n) is 10.3. The smallest absolute Gasteiger partial charge is 0.340 e. The first kappa shape index (κ1) is 13.1. The van der Waals surface area contributed by atoms with Gasteiger partial charge in [-0.25, -0.2) is 0 Å². The van der Waals surface area contributed by atoms with Gasteiger partial charge < -0.3 is 8.85 Å². The Kier molecular flexibility index (Phi) is 3.75. The molecule has 0 spiro atoms. The maximum Gasteiger partial charge on any atom is 0.340 e. The van der Waals surface area contributed by atoms with Gasteiger partial charge in [0.05, 0.1) is 0 Å². The number of rotatable bonds is 3. The van der Waals surface area contributed by atoms with Crippen LogP contribution in [-0.2, 0) is 8.85 Å². The third-order valence-electron chi connectivity index (χ3n) is 3.79. The molecule has 80 valence electrons. The van der Waals surface area contributed by atoms with E-state index in [1.807, 2.05) is 0 Å². The van der Waals surface area contributed by atoms with Crippen molar-refractivity contribution in [2.45, 2.75) is 46.2 Å². The van der Waals surface area contributed by atoms with E-state index in [0.717, 1.165) is 0 Å². The van der Waals surface area contributed by atoms with Gasteiger partial charge in [0, 0.05) is 19.3 Å². The van der Waals surface area contributed by atoms with Gasteiger partial charge in [0.2, 0.25) is 0 Å². The molecule has 0 rings (SSSR count). The Hall–Kier alpha value is 0.137. The van der Waals surface area contributed by atoms with Gasteiger partial charge in [-0.05, 0) is 12.0 Å². The van der Waals surface area contributed by atoms with Crippen LogP contribution in [0.3, 0.4) is 0 Å². The van der Waals surface area contributed by atoms with Gasteiger partial charge in [0.15, 0.2) is 0 Å². The van der Waals surface area contributed by atoms with Crippen molar-refractivity contribution in [1.82, 2.24) is 0 Å². The Morgan fingerprint density at radius 2 is 1.15 bits per heavy atom. The molecule has 0 heterocycles. The summed E-state index contributed by atoms with van der Waals surface area (Å²) in [6.45, 7) is 13.3. The lowest BCUT2D eigenvalue weighted by Gasteiger charge is -2.47. The van der Waals surface area contributed by atoms with Crippen molar-refractivity contribution in [3.05, 3.63) is 0 Å². The molecule has 0 aliphatic heterocycles. The van der Waals surface area contributed by atoms with Crippen LogP contribution in [0, 0.1) is 5.41 Å². The Morgan fingerprint density at radius 3 is 1.23 bits per heavy atom. The van der Waals surface area contributed by atoms with Gasteiger partial charge in [-0.15, -0.1) is 0 Å². The lowest BCUT2D eigenvalue weighted by molar-refractivity contribution is 0.161. The molecule has 0 aromatic carbocycles. The van der Waals surface area contributed by atoms with E-state index >= 15 is 0 Å². The summed E-state index contributed by atoms with van der Waals surface area (Å²) >= 11 is 0. The van der Waals surface area contributed by atoms with E-state index in [1.165, 1.54) is 0 Å². The molecule has 0 aromatic rings. The molecule has 0 bridgehead atoms. The van der Waals surface area contributed by atoms with E-state index < -0.39 is 8.56 Å². The first-order chi connectivity index (χ1) is 5.62. The molecule has 0 N–H and O–H groups in total. The molecular formula is C10H24O2Si. The average molecular weight is 204 g/mol. The summed E-state index contributed by atoms with van der Waals surface area (Å²) < 4.78 is 11.2. The van der Waals surface area contributed by atoms with Crippen LogP contribution in [0.5, 0.6) is 0 Å². The normalized spacial score (nSPS) is 14.8. The van der Waals surface area contributed by atoms with E-state index in [9.17, 15) is 0 Å². The molecule has 0 amide bonds. The molecule has 0 radical (unpaired) electrons. The van der Waals surface area contributed by atoms with Crippen LogP contribution in [0.2, 0.25) is 11.6 Å². The summed E-state index contributed by atoms with van der Waals surface area (Å²) in [5.74, 6) is 0. The van der Waals surface area contributed by atoms with Crippen molar-refractivity contribution in [2.75, 3.05) is 14.2 Å². The molecule has 3 heteroatoms. The minimum atomic E-state index is -2.06. The lowest BCUT2D eigenvalue weighted by atomic mass is 9.82. The Morgan fingerprint density at radius 1 is 0.846 bits per heavy atom. The topological polar surface area (TPSA) is 18.5 Å². The average Bonchev–Trinajstić information content (AvgIpc) is 2.00. The second-order valence-corrected chi connectivity index (χ2v) is 9.19. The highest BCUT2D eigenvalue weighted by Crippen LogP contribution is 2.52. The maximum atomic E-state index is 5.59. The summed E-state index contributed by atoms with van der Waals surface area (Å²) in [4.78, 5) is 0. The Bertz CT molecular complexity index is 166. The first-order valence-corrected chi connectivity index (χ1v) is 7.04. The predicted molar refractivity (Wildman–Crippen MR) is 59.1 cm³/mol. The third-order valence-corrected chi connectivity index (χ3v) is 8.37. The fraction of sp³-hybridized carbons (Fsp3) is 1.00. The van der Waals surface area contributed by atoms with Gasteiger partial charge in [-0.2, -0.15) is 0 Å². The summed E-state index contributed by atoms with van der Waals surface area (Å²) in [7, 11) is 1.45. The molecule has 0 aliphatic rings. The van der Waals surface area contributed by atoms with E-state index in [-0.39, 0.29) is 10.5 Å². The molecule has 0 atom stereocenters. The standard InChI is InChI=1S/C10H24O2Si/c1-9(2,3)10(4,5)13(8,11-6)12-7/h1-8H3. The molecule has 0 unspecified atom stereocenters. The Labute approximate surface area is 83.9 Å². The molecular weight excluding hydrogens is 180 g/mol. The Balaban J connectivity index is 5.00. The van der Waals surface area contributed by atoms with Gasteiger partial charge >= 0.3 is 8.56 Å². The quantitative estimate of drug-likeness (QED) is 0.657. The minimum Gasteiger partial charge on any atom is -0.397 e. The molecule has 0 aromatic heterocycles. The zero-order valence-corrected chi connectivity index (χ0v) is 11.3. The van der Waals surface area contributed by atoms with Crippen LogP contribution in [0.1, 0.15) is 34.6 Å². The second kappa shape index (κ2) is 3.71. The molecule has 0 aliphatic carbocycles. The zero-order chi connectivity index (χ0) is 10.9. The third kappa shape index (κ3) is 2.14. The maximum absolute atomic E-state index is 5.59. The number of hydrogen-bond donors (Lipinski definition) is 0. The summed E-state index contributed by atoms with van der Waals surface area (Å²) in [6.07, 6.45) is 0. The minimum absolute atomic E-state index is 0.0868. The van der Waals surface area contributed by atoms with E-state index in [2.05, 4.69) is 41.2 Å². The van der Waals surface area contributed by atoms with Crippen molar-refractivity contribution in [2.24, 2.45) is 5.41 Å². The van der Waals surface area contributed by atoms with Crippen LogP contribution in [0.25, 0.3) is 0 Å². The highest BCUT2D eigenvalue weighted by molar-refractivity contribution is 6.69. The fourth-order valence-corrected chi connectivity index (χ4v) is 3.82. The number of hydrogen-bond acceptors (Lipinski definition) is 2. The van der Waals surface area contributed by atoms with Crippen LogP contribution >= 0.6 is 0 Å². The molecule has 0 saturated heterocycles. The second-order valence-electron chi connectivity index (χ2n) is 5.23. The predicted octanol–water partition coefficient (Wildman–Crippen LogP) is 3.18. The van der Waals surface area contributed by atoms with Crippen LogP contribution in [0.15, 0.2) is 0 Å². The summed E-state index contributed by atoms with van der Waals surface area (Å²) in [6, 6.07) is 0. The van der Waals surface area contributed by atoms with Gasteiger partial charge in [0.25, 0.3) is 0 Å². The van der Waals surface area contributed by atoms with Crippen molar-refractivity contribution in [3.8, 4) is 0 Å². The molecule has 0 saturated carbocycles. The van der Waals surface area contributed by atoms with Crippen LogP contribution in [0.4, 0.5) is 0 Å². The highest BCUT2D eigenvalue weighted by Gasteiger charge is 2.53. The van der Waals surface area contributed by atoms with Gasteiger partial charge in [-0.1, -0.05) is 34.6 Å². The van der Waals surface area contributed by atoms with Crippen molar-refractivity contribution >= 4 is 8.56 Å². The SMILES string of the molecule is CO[Si](C)(OC)C(C)(C)C(C)(C)C. The molecule has 2 nitrogen and oxygen atoms in total. The van der Waals surface area contributed by atoms with Crippen LogP contribution < -0.4 is 0 Å². The van der Waals surface area contributed by atoms with E-state index in [4.69, 9.17) is 8.85 Å². The first-order valence-electron chi connectivity index (χ1n) is 4.72. The summed E-state index contributed by atoms with van der Waals surface area (Å²) in [5, 5.41) is 0.0868. The van der Waals surface area contributed by atoms with Crippen molar-refractivity contribution < 1.29 is 8.85 Å². The fourth-order valence-electron chi connectivity index (χ4n) is 1.27. The van der Waals surface area contributed by atoms with Crippen LogP contribution in [-0.4, -0.2) is 22.8 Å². The van der Waals surface area contributed by atoms with Gasteiger partial charge in [0.1, 0.15) is 0 Å². The van der Waals surface area contributed by atoms with Crippen molar-refractivity contribution in [3.63, 3.8) is 0 Å². The molecule has 13 heavy (non-hydrogen) atoms. The van der Waals surface area contributed by atoms with E-state index in [1.54, 1.807) is 14.2 Å². The molecule has 0 fully saturated rings. The van der Waals surface area contributed by atoms with E-state index in [0.29, 0.717) is 0 Å². The summed E-state index contributed by atoms with van der Waals surface area (Å²) in [5.41, 5.74) is 0.194. The highest BCUT2D eigenvalue weighted by atomic mass is 28.4. The lowest BCUT2D eigenvalue weighted by Crippen LogP contribution is -2.52. The van der Waals surface area contributed by atoms with Crippen molar-refractivity contribution in [1.29, 1.82) is 0 Å². The monoisotopic (exact) mass is 204 g/mol. The largest absolute Gasteiger partial charge is 0.397 e.